The van der Waals surface area contributed by atoms with E-state index < -0.39 is 5.25 Å². The number of aromatic nitrogens is 2. The highest BCUT2D eigenvalue weighted by Gasteiger charge is 2.19. The second-order valence-corrected chi connectivity index (χ2v) is 6.12. The molecule has 1 aromatic carbocycles. The molecule has 3 aromatic rings. The fourth-order valence-electron chi connectivity index (χ4n) is 1.91. The molecule has 0 aliphatic rings. The number of methoxy groups -OCH3 is 1. The zero-order valence-corrected chi connectivity index (χ0v) is 13.9. The van der Waals surface area contributed by atoms with Gasteiger partial charge in [-0.2, -0.15) is 0 Å². The third-order valence-electron chi connectivity index (χ3n) is 3.12. The normalized spacial score (nSPS) is 11.9. The zero-order valence-electron chi connectivity index (χ0n) is 13.1. The molecule has 7 nitrogen and oxygen atoms in total. The first kappa shape index (κ1) is 16.1. The van der Waals surface area contributed by atoms with Crippen molar-refractivity contribution in [1.29, 1.82) is 0 Å². The molecule has 24 heavy (non-hydrogen) atoms. The molecule has 0 saturated carbocycles. The minimum atomic E-state index is -0.416. The summed E-state index contributed by atoms with van der Waals surface area (Å²) in [5.41, 5.74) is 0.661. The van der Waals surface area contributed by atoms with Crippen molar-refractivity contribution in [3.63, 3.8) is 0 Å². The van der Waals surface area contributed by atoms with Gasteiger partial charge in [-0.05, 0) is 31.2 Å². The van der Waals surface area contributed by atoms with E-state index in [1.54, 1.807) is 44.4 Å². The molecule has 0 radical (unpaired) electrons. The third kappa shape index (κ3) is 3.77. The number of carbonyl (C=O) groups is 1. The molecule has 2 heterocycles. The minimum Gasteiger partial charge on any atom is -0.497 e. The van der Waals surface area contributed by atoms with E-state index in [9.17, 15) is 4.79 Å². The second-order valence-electron chi connectivity index (χ2n) is 4.83. The summed E-state index contributed by atoms with van der Waals surface area (Å²) in [5, 5.41) is 10.5. The SMILES string of the molecule is COc1cccc(NC(=O)C(C)Sc2nnc(-c3ccco3)o2)c1. The van der Waals surface area contributed by atoms with E-state index in [1.165, 1.54) is 18.0 Å². The molecule has 1 unspecified atom stereocenters. The molecular weight excluding hydrogens is 330 g/mol. The van der Waals surface area contributed by atoms with E-state index >= 15 is 0 Å². The van der Waals surface area contributed by atoms with Crippen molar-refractivity contribution in [2.75, 3.05) is 12.4 Å². The van der Waals surface area contributed by atoms with Gasteiger partial charge in [-0.3, -0.25) is 4.79 Å². The number of hydrogen-bond donors (Lipinski definition) is 1. The Hall–Kier alpha value is -2.74. The highest BCUT2D eigenvalue weighted by molar-refractivity contribution is 8.00. The molecule has 0 aliphatic heterocycles. The lowest BCUT2D eigenvalue weighted by Crippen LogP contribution is -2.22. The number of nitrogens with zero attached hydrogens (tertiary/aromatic N) is 2. The average molecular weight is 345 g/mol. The van der Waals surface area contributed by atoms with Crippen LogP contribution in [0.1, 0.15) is 6.92 Å². The Morgan fingerprint density at radius 3 is 2.92 bits per heavy atom. The quantitative estimate of drug-likeness (QED) is 0.684. The van der Waals surface area contributed by atoms with Crippen LogP contribution in [-0.2, 0) is 4.79 Å². The van der Waals surface area contributed by atoms with E-state index in [0.29, 0.717) is 22.4 Å². The van der Waals surface area contributed by atoms with E-state index in [4.69, 9.17) is 13.6 Å². The van der Waals surface area contributed by atoms with Crippen LogP contribution in [0.4, 0.5) is 5.69 Å². The monoisotopic (exact) mass is 345 g/mol. The molecule has 0 saturated heterocycles. The lowest BCUT2D eigenvalue weighted by molar-refractivity contribution is -0.115. The van der Waals surface area contributed by atoms with E-state index in [0.717, 1.165) is 0 Å². The van der Waals surface area contributed by atoms with Crippen molar-refractivity contribution >= 4 is 23.4 Å². The van der Waals surface area contributed by atoms with Crippen LogP contribution in [0.15, 0.2) is 56.7 Å². The predicted molar refractivity (Wildman–Crippen MR) is 88.9 cm³/mol. The van der Waals surface area contributed by atoms with Crippen LogP contribution in [0.2, 0.25) is 0 Å². The molecule has 8 heteroatoms. The van der Waals surface area contributed by atoms with Gasteiger partial charge >= 0.3 is 0 Å². The summed E-state index contributed by atoms with van der Waals surface area (Å²) < 4.78 is 15.8. The number of benzene rings is 1. The van der Waals surface area contributed by atoms with Crippen LogP contribution in [0, 0.1) is 0 Å². The molecule has 0 bridgehead atoms. The number of carbonyl (C=O) groups excluding carboxylic acids is 1. The Kier molecular flexibility index (Phi) is 4.85. The maximum absolute atomic E-state index is 12.3. The second kappa shape index (κ2) is 7.22. The molecular formula is C16H15N3O4S. The molecule has 1 N–H and O–H groups in total. The number of amides is 1. The van der Waals surface area contributed by atoms with Crippen LogP contribution in [0.25, 0.3) is 11.7 Å². The topological polar surface area (TPSA) is 90.4 Å². The molecule has 0 aliphatic carbocycles. The van der Waals surface area contributed by atoms with Gasteiger partial charge in [-0.25, -0.2) is 0 Å². The van der Waals surface area contributed by atoms with Crippen molar-refractivity contribution in [2.24, 2.45) is 0 Å². The molecule has 0 fully saturated rings. The lowest BCUT2D eigenvalue weighted by Gasteiger charge is -2.10. The largest absolute Gasteiger partial charge is 0.497 e. The number of ether oxygens (including phenoxy) is 1. The Labute approximate surface area is 142 Å². The van der Waals surface area contributed by atoms with Gasteiger partial charge < -0.3 is 18.9 Å². The summed E-state index contributed by atoms with van der Waals surface area (Å²) in [6, 6.07) is 10.6. The van der Waals surface area contributed by atoms with Crippen molar-refractivity contribution in [1.82, 2.24) is 10.2 Å². The van der Waals surface area contributed by atoms with E-state index in [2.05, 4.69) is 15.5 Å². The first-order valence-corrected chi connectivity index (χ1v) is 8.02. The van der Waals surface area contributed by atoms with Crippen LogP contribution >= 0.6 is 11.8 Å². The van der Waals surface area contributed by atoms with Crippen molar-refractivity contribution in [3.05, 3.63) is 42.7 Å². The van der Waals surface area contributed by atoms with E-state index in [1.807, 2.05) is 6.07 Å². The molecule has 0 spiro atoms. The van der Waals surface area contributed by atoms with Gasteiger partial charge in [0, 0.05) is 11.8 Å². The summed E-state index contributed by atoms with van der Waals surface area (Å²) in [5.74, 6) is 1.27. The van der Waals surface area contributed by atoms with Gasteiger partial charge in [0.05, 0.1) is 18.6 Å². The van der Waals surface area contributed by atoms with E-state index in [-0.39, 0.29) is 11.8 Å². The molecule has 3 rings (SSSR count). The summed E-state index contributed by atoms with van der Waals surface area (Å²) in [7, 11) is 1.57. The van der Waals surface area contributed by atoms with Crippen molar-refractivity contribution in [2.45, 2.75) is 17.4 Å². The van der Waals surface area contributed by atoms with Crippen molar-refractivity contribution in [3.8, 4) is 17.4 Å². The summed E-state index contributed by atoms with van der Waals surface area (Å²) >= 11 is 1.17. The van der Waals surface area contributed by atoms with Gasteiger partial charge in [0.15, 0.2) is 5.76 Å². The maximum atomic E-state index is 12.3. The lowest BCUT2D eigenvalue weighted by atomic mass is 10.3. The third-order valence-corrected chi connectivity index (χ3v) is 4.06. The fourth-order valence-corrected chi connectivity index (χ4v) is 2.59. The zero-order chi connectivity index (χ0) is 16.9. The molecule has 1 amide bonds. The van der Waals surface area contributed by atoms with Gasteiger partial charge in [0.1, 0.15) is 5.75 Å². The van der Waals surface area contributed by atoms with Crippen LogP contribution in [0.5, 0.6) is 5.75 Å². The maximum Gasteiger partial charge on any atom is 0.284 e. The highest BCUT2D eigenvalue weighted by Crippen LogP contribution is 2.27. The molecule has 1 atom stereocenters. The fraction of sp³-hybridized carbons (Fsp3) is 0.188. The molecule has 2 aromatic heterocycles. The predicted octanol–water partition coefficient (Wildman–Crippen LogP) is 3.46. The van der Waals surface area contributed by atoms with Crippen LogP contribution in [-0.4, -0.2) is 28.5 Å². The van der Waals surface area contributed by atoms with Crippen LogP contribution in [0.3, 0.4) is 0 Å². The summed E-state index contributed by atoms with van der Waals surface area (Å²) in [6.07, 6.45) is 1.52. The number of hydrogen-bond acceptors (Lipinski definition) is 7. The Morgan fingerprint density at radius 1 is 1.29 bits per heavy atom. The van der Waals surface area contributed by atoms with Crippen LogP contribution < -0.4 is 10.1 Å². The van der Waals surface area contributed by atoms with Gasteiger partial charge in [-0.1, -0.05) is 17.8 Å². The average Bonchev–Trinajstić information content (AvgIpc) is 3.26. The highest BCUT2D eigenvalue weighted by atomic mass is 32.2. The van der Waals surface area contributed by atoms with Gasteiger partial charge in [0.25, 0.3) is 11.1 Å². The Bertz CT molecular complexity index is 816. The summed E-state index contributed by atoms with van der Waals surface area (Å²) in [6.45, 7) is 1.76. The number of furan rings is 1. The smallest absolute Gasteiger partial charge is 0.284 e. The van der Waals surface area contributed by atoms with Gasteiger partial charge in [0.2, 0.25) is 5.91 Å². The van der Waals surface area contributed by atoms with Gasteiger partial charge in [-0.15, -0.1) is 10.2 Å². The first-order chi connectivity index (χ1) is 11.7. The first-order valence-electron chi connectivity index (χ1n) is 7.14. The Morgan fingerprint density at radius 2 is 2.17 bits per heavy atom. The number of nitrogens with one attached hydrogen (secondary N) is 1. The number of rotatable bonds is 6. The number of thioether (sulfide) groups is 1. The van der Waals surface area contributed by atoms with Crippen molar-refractivity contribution < 1.29 is 18.4 Å². The Balaban J connectivity index is 1.61. The molecule has 124 valence electrons. The minimum absolute atomic E-state index is 0.175. The number of anilines is 1. The summed E-state index contributed by atoms with van der Waals surface area (Å²) in [4.78, 5) is 12.3. The standard InChI is InChI=1S/C16H15N3O4S/c1-10(14(20)17-11-5-3-6-12(9-11)21-2)24-16-19-18-15(23-16)13-7-4-8-22-13/h3-10H,1-2H3,(H,17,20).